The van der Waals surface area contributed by atoms with Crippen molar-refractivity contribution in [2.24, 2.45) is 0 Å². The number of hydrogen-bond acceptors (Lipinski definition) is 4. The Balaban J connectivity index is 1.46. The number of aromatic nitrogens is 2. The first-order chi connectivity index (χ1) is 14.9. The topological polar surface area (TPSA) is 67.3 Å². The highest BCUT2D eigenvalue weighted by Crippen LogP contribution is 2.30. The van der Waals surface area contributed by atoms with E-state index in [0.717, 1.165) is 43.8 Å². The average molecular weight is 460 g/mol. The molecule has 0 saturated carbocycles. The lowest BCUT2D eigenvalue weighted by Crippen LogP contribution is -2.41. The number of piperidine rings is 1. The van der Waals surface area contributed by atoms with Gasteiger partial charge in [0, 0.05) is 30.9 Å². The fourth-order valence-corrected chi connectivity index (χ4v) is 4.19. The molecule has 2 heterocycles. The Bertz CT molecular complexity index is 1210. The van der Waals surface area contributed by atoms with Crippen LogP contribution >= 0.6 is 23.2 Å². The van der Waals surface area contributed by atoms with Crippen LogP contribution in [0.5, 0.6) is 11.5 Å². The maximum Gasteiger partial charge on any atom is 0.328 e. The molecule has 0 aliphatic carbocycles. The monoisotopic (exact) mass is 459 g/mol. The third-order valence-electron chi connectivity index (χ3n) is 5.45. The number of H-pyrrole nitrogens is 1. The number of nitrogens with one attached hydrogen (secondary N) is 1. The molecular weight excluding hydrogens is 437 g/mol. The van der Waals surface area contributed by atoms with Gasteiger partial charge in [0.1, 0.15) is 11.5 Å². The molecule has 0 radical (unpaired) electrons. The summed E-state index contributed by atoms with van der Waals surface area (Å²) < 4.78 is 7.59. The number of halogens is 2. The number of benzene rings is 2. The lowest BCUT2D eigenvalue weighted by molar-refractivity contribution is 0.167. The predicted molar refractivity (Wildman–Crippen MR) is 123 cm³/mol. The maximum atomic E-state index is 12.3. The van der Waals surface area contributed by atoms with Gasteiger partial charge in [0.2, 0.25) is 0 Å². The minimum absolute atomic E-state index is 0.0347. The number of likely N-dealkylation sites (tertiary alicyclic amines) is 1. The normalized spacial score (nSPS) is 16.9. The van der Waals surface area contributed by atoms with E-state index < -0.39 is 0 Å². The molecule has 4 rings (SSSR count). The summed E-state index contributed by atoms with van der Waals surface area (Å²) in [5, 5.41) is 0.932. The summed E-state index contributed by atoms with van der Waals surface area (Å²) in [6.07, 6.45) is 3.55. The zero-order valence-electron chi connectivity index (χ0n) is 17.1. The molecule has 1 aliphatic heterocycles. The van der Waals surface area contributed by atoms with Crippen molar-refractivity contribution in [3.05, 3.63) is 90.7 Å². The summed E-state index contributed by atoms with van der Waals surface area (Å²) in [5.41, 5.74) is 0.985. The summed E-state index contributed by atoms with van der Waals surface area (Å²) in [7, 11) is 0. The van der Waals surface area contributed by atoms with Gasteiger partial charge in [-0.1, -0.05) is 35.3 Å². The van der Waals surface area contributed by atoms with E-state index in [2.05, 4.69) is 16.0 Å². The van der Waals surface area contributed by atoms with E-state index in [0.29, 0.717) is 21.4 Å². The van der Waals surface area contributed by atoms with E-state index in [1.807, 2.05) is 18.2 Å². The number of nitrogens with zero attached hydrogens (tertiary/aromatic N) is 2. The number of aryl methyl sites for hydroxylation is 1. The van der Waals surface area contributed by atoms with Crippen molar-refractivity contribution in [1.82, 2.24) is 14.5 Å². The molecule has 0 spiro atoms. The Morgan fingerprint density at radius 3 is 2.71 bits per heavy atom. The molecular formula is C23H23Cl2N3O3. The summed E-state index contributed by atoms with van der Waals surface area (Å²) in [6.45, 7) is 4.15. The van der Waals surface area contributed by atoms with Crippen LogP contribution in [-0.4, -0.2) is 27.5 Å². The number of hydrogen-bond donors (Lipinski definition) is 1. The molecule has 1 aliphatic rings. The van der Waals surface area contributed by atoms with E-state index in [9.17, 15) is 9.59 Å². The molecule has 1 N–H and O–H groups in total. The number of aromatic amines is 1. The van der Waals surface area contributed by atoms with Gasteiger partial charge in [-0.05, 0) is 56.1 Å². The lowest BCUT2D eigenvalue weighted by Gasteiger charge is -2.33. The van der Waals surface area contributed by atoms with Crippen molar-refractivity contribution in [2.45, 2.75) is 32.4 Å². The van der Waals surface area contributed by atoms with Gasteiger partial charge in [-0.15, -0.1) is 0 Å². The lowest BCUT2D eigenvalue weighted by atomic mass is 10.0. The third-order valence-corrected chi connectivity index (χ3v) is 6.19. The molecule has 0 bridgehead atoms. The Kier molecular flexibility index (Phi) is 6.51. The fraction of sp³-hybridized carbons (Fsp3) is 0.304. The van der Waals surface area contributed by atoms with Gasteiger partial charge in [0.15, 0.2) is 0 Å². The van der Waals surface area contributed by atoms with E-state index in [4.69, 9.17) is 27.9 Å². The number of ether oxygens (including phenoxy) is 1. The van der Waals surface area contributed by atoms with Gasteiger partial charge in [-0.2, -0.15) is 0 Å². The van der Waals surface area contributed by atoms with Crippen molar-refractivity contribution < 1.29 is 4.74 Å². The third kappa shape index (κ3) is 5.21. The minimum atomic E-state index is -0.348. The smallest absolute Gasteiger partial charge is 0.328 e. The van der Waals surface area contributed by atoms with Crippen molar-refractivity contribution in [2.75, 3.05) is 13.1 Å². The molecule has 1 atom stereocenters. The molecule has 1 saturated heterocycles. The summed E-state index contributed by atoms with van der Waals surface area (Å²) >= 11 is 12.0. The highest BCUT2D eigenvalue weighted by molar-refractivity contribution is 6.42. The Morgan fingerprint density at radius 2 is 1.90 bits per heavy atom. The van der Waals surface area contributed by atoms with Crippen molar-refractivity contribution in [1.29, 1.82) is 0 Å². The largest absolute Gasteiger partial charge is 0.457 e. The second kappa shape index (κ2) is 9.30. The Morgan fingerprint density at radius 1 is 1.10 bits per heavy atom. The van der Waals surface area contributed by atoms with E-state index in [1.165, 1.54) is 0 Å². The number of rotatable bonds is 5. The summed E-state index contributed by atoms with van der Waals surface area (Å²) in [5.74, 6) is 1.34. The van der Waals surface area contributed by atoms with Gasteiger partial charge >= 0.3 is 5.69 Å². The first-order valence-corrected chi connectivity index (χ1v) is 10.9. The summed E-state index contributed by atoms with van der Waals surface area (Å²) in [4.78, 5) is 28.7. The molecule has 6 nitrogen and oxygen atoms in total. The van der Waals surface area contributed by atoms with E-state index >= 15 is 0 Å². The molecule has 1 aromatic heterocycles. The molecule has 3 aromatic rings. The maximum absolute atomic E-state index is 12.3. The van der Waals surface area contributed by atoms with Gasteiger partial charge in [-0.3, -0.25) is 19.2 Å². The minimum Gasteiger partial charge on any atom is -0.457 e. The van der Waals surface area contributed by atoms with Crippen molar-refractivity contribution in [3.8, 4) is 11.5 Å². The van der Waals surface area contributed by atoms with Crippen molar-refractivity contribution in [3.63, 3.8) is 0 Å². The van der Waals surface area contributed by atoms with Crippen LogP contribution in [-0.2, 0) is 6.54 Å². The highest BCUT2D eigenvalue weighted by Gasteiger charge is 2.22. The average Bonchev–Trinajstić information content (AvgIpc) is 2.74. The van der Waals surface area contributed by atoms with Crippen LogP contribution in [0.3, 0.4) is 0 Å². The highest BCUT2D eigenvalue weighted by atomic mass is 35.5. The van der Waals surface area contributed by atoms with Crippen LogP contribution in [0.25, 0.3) is 0 Å². The van der Waals surface area contributed by atoms with E-state index in [-0.39, 0.29) is 17.3 Å². The molecule has 0 unspecified atom stereocenters. The van der Waals surface area contributed by atoms with Crippen LogP contribution in [0.2, 0.25) is 10.0 Å². The predicted octanol–water partition coefficient (Wildman–Crippen LogP) is 4.78. The molecule has 31 heavy (non-hydrogen) atoms. The van der Waals surface area contributed by atoms with Crippen molar-refractivity contribution >= 4 is 23.2 Å². The van der Waals surface area contributed by atoms with Gasteiger partial charge < -0.3 is 4.74 Å². The quantitative estimate of drug-likeness (QED) is 0.595. The van der Waals surface area contributed by atoms with Gasteiger partial charge in [-0.25, -0.2) is 4.79 Å². The molecule has 2 aromatic carbocycles. The van der Waals surface area contributed by atoms with Gasteiger partial charge in [0.25, 0.3) is 5.56 Å². The molecule has 1 fully saturated rings. The fourth-order valence-electron chi connectivity index (χ4n) is 3.90. The van der Waals surface area contributed by atoms with Crippen LogP contribution < -0.4 is 16.0 Å². The zero-order valence-corrected chi connectivity index (χ0v) is 18.6. The van der Waals surface area contributed by atoms with Crippen LogP contribution in [0, 0.1) is 6.92 Å². The van der Waals surface area contributed by atoms with Crippen LogP contribution in [0.4, 0.5) is 0 Å². The second-order valence-corrected chi connectivity index (χ2v) is 8.65. The molecule has 8 heteroatoms. The Labute approximate surface area is 190 Å². The van der Waals surface area contributed by atoms with Crippen LogP contribution in [0.15, 0.2) is 58.3 Å². The van der Waals surface area contributed by atoms with Crippen LogP contribution in [0.1, 0.15) is 30.0 Å². The zero-order chi connectivity index (χ0) is 22.0. The van der Waals surface area contributed by atoms with Gasteiger partial charge in [0.05, 0.1) is 16.1 Å². The van der Waals surface area contributed by atoms with E-state index in [1.54, 1.807) is 35.9 Å². The molecule has 0 amide bonds. The first-order valence-electron chi connectivity index (χ1n) is 10.2. The Hall–Kier alpha value is -2.54. The first kappa shape index (κ1) is 21.7. The standard InChI is InChI=1S/C23H23Cl2N3O3/c1-15-12-28(23(30)26-22(15)29)17-5-3-9-27(14-17)13-16-4-2-6-18(10-16)31-19-7-8-20(24)21(25)11-19/h2,4,6-8,10-12,17H,3,5,9,13-14H2,1H3,(H,26,29,30)/t17-/m1/s1. The second-order valence-electron chi connectivity index (χ2n) is 7.84. The SMILES string of the molecule is Cc1cn([C@@H]2CCCN(Cc3cccc(Oc4ccc(Cl)c(Cl)c4)c3)C2)c(=O)[nH]c1=O. The molecule has 162 valence electrons. The summed E-state index contributed by atoms with van der Waals surface area (Å²) in [6, 6.07) is 13.1.